The third kappa shape index (κ3) is 4.11. The van der Waals surface area contributed by atoms with Gasteiger partial charge in [-0.05, 0) is 30.7 Å². The molecule has 1 aliphatic heterocycles. The maximum absolute atomic E-state index is 12.3. The predicted molar refractivity (Wildman–Crippen MR) is 91.4 cm³/mol. The fraction of sp³-hybridized carbons (Fsp3) is 0.643. The monoisotopic (exact) mass is 351 g/mol. The maximum Gasteiger partial charge on any atom is 0.242 e. The summed E-state index contributed by atoms with van der Waals surface area (Å²) in [7, 11) is 0. The van der Waals surface area contributed by atoms with Gasteiger partial charge >= 0.3 is 0 Å². The molecule has 1 amide bonds. The number of amides is 1. The molecule has 0 spiro atoms. The van der Waals surface area contributed by atoms with E-state index in [0.29, 0.717) is 0 Å². The Morgan fingerprint density at radius 3 is 2.38 bits per heavy atom. The Labute approximate surface area is 142 Å². The van der Waals surface area contributed by atoms with Gasteiger partial charge < -0.3 is 10.6 Å². The Kier molecular flexibility index (Phi) is 6.94. The van der Waals surface area contributed by atoms with Gasteiger partial charge in [0.1, 0.15) is 0 Å². The van der Waals surface area contributed by atoms with Crippen LogP contribution in [-0.4, -0.2) is 47.4 Å². The van der Waals surface area contributed by atoms with E-state index in [1.54, 1.807) is 11.3 Å². The Morgan fingerprint density at radius 2 is 1.90 bits per heavy atom. The average molecular weight is 352 g/mol. The van der Waals surface area contributed by atoms with E-state index in [1.807, 2.05) is 4.90 Å². The summed E-state index contributed by atoms with van der Waals surface area (Å²) in [5.41, 5.74) is 5.59. The molecule has 3 rings (SSSR count). The van der Waals surface area contributed by atoms with Crippen LogP contribution >= 0.6 is 36.2 Å². The number of halogens is 2. The summed E-state index contributed by atoms with van der Waals surface area (Å²) in [5.74, 6) is 0.175. The highest BCUT2D eigenvalue weighted by molar-refractivity contribution is 7.09. The van der Waals surface area contributed by atoms with Gasteiger partial charge in [0.2, 0.25) is 5.91 Å². The highest BCUT2D eigenvalue weighted by Crippen LogP contribution is 2.31. The zero-order chi connectivity index (χ0) is 13.3. The molecule has 0 aromatic carbocycles. The third-order valence-electron chi connectivity index (χ3n) is 4.29. The molecule has 1 aromatic rings. The summed E-state index contributed by atoms with van der Waals surface area (Å²) in [6.45, 7) is 4.57. The topological polar surface area (TPSA) is 49.6 Å². The number of rotatable bonds is 3. The van der Waals surface area contributed by atoms with Crippen molar-refractivity contribution in [1.82, 2.24) is 9.80 Å². The van der Waals surface area contributed by atoms with Gasteiger partial charge in [-0.2, -0.15) is 0 Å². The van der Waals surface area contributed by atoms with E-state index in [4.69, 9.17) is 5.73 Å². The van der Waals surface area contributed by atoms with E-state index < -0.39 is 5.54 Å². The van der Waals surface area contributed by atoms with Crippen LogP contribution in [0.5, 0.6) is 0 Å². The fourth-order valence-electron chi connectivity index (χ4n) is 2.82. The minimum atomic E-state index is -0.532. The summed E-state index contributed by atoms with van der Waals surface area (Å²) < 4.78 is 0. The second kappa shape index (κ2) is 7.79. The third-order valence-corrected chi connectivity index (χ3v) is 5.15. The van der Waals surface area contributed by atoms with Crippen LogP contribution in [-0.2, 0) is 11.3 Å². The summed E-state index contributed by atoms with van der Waals surface area (Å²) in [6, 6.07) is 4.26. The van der Waals surface area contributed by atoms with Crippen molar-refractivity contribution in [2.24, 2.45) is 5.73 Å². The van der Waals surface area contributed by atoms with E-state index in [1.165, 1.54) is 4.88 Å². The van der Waals surface area contributed by atoms with Crippen molar-refractivity contribution in [3.05, 3.63) is 22.4 Å². The Balaban J connectivity index is 0.00000110. The average Bonchev–Trinajstić information content (AvgIpc) is 2.89. The molecule has 7 heteroatoms. The molecule has 0 bridgehead atoms. The SMILES string of the molecule is Cl.Cl.NC1(C(=O)N2CCN(Cc3cccs3)CC2)CCC1. The standard InChI is InChI=1S/C14H21N3OS.2ClH/c15-14(4-2-5-14)13(18)17-8-6-16(7-9-17)11-12-3-1-10-19-12;;/h1,3,10H,2,4-9,11,15H2;2*1H. The Bertz CT molecular complexity index is 443. The van der Waals surface area contributed by atoms with Crippen molar-refractivity contribution in [3.63, 3.8) is 0 Å². The molecule has 0 radical (unpaired) electrons. The smallest absolute Gasteiger partial charge is 0.242 e. The van der Waals surface area contributed by atoms with Crippen LogP contribution in [0.2, 0.25) is 0 Å². The molecular weight excluding hydrogens is 329 g/mol. The molecule has 2 heterocycles. The molecule has 2 N–H and O–H groups in total. The molecule has 2 aliphatic rings. The number of piperazine rings is 1. The highest BCUT2D eigenvalue weighted by Gasteiger charge is 2.43. The number of hydrogen-bond donors (Lipinski definition) is 1. The molecular formula is C14H23Cl2N3OS. The lowest BCUT2D eigenvalue weighted by Gasteiger charge is -2.43. The van der Waals surface area contributed by atoms with Crippen molar-refractivity contribution in [2.45, 2.75) is 31.3 Å². The number of nitrogens with two attached hydrogens (primary N) is 1. The summed E-state index contributed by atoms with van der Waals surface area (Å²) in [4.78, 5) is 18.1. The molecule has 0 atom stereocenters. The number of thiophene rings is 1. The lowest BCUT2D eigenvalue weighted by Crippen LogP contribution is -2.62. The molecule has 1 saturated carbocycles. The summed E-state index contributed by atoms with van der Waals surface area (Å²) >= 11 is 1.80. The van der Waals surface area contributed by atoms with Crippen molar-refractivity contribution in [1.29, 1.82) is 0 Å². The number of carbonyl (C=O) groups excluding carboxylic acids is 1. The van der Waals surface area contributed by atoms with Gasteiger partial charge in [-0.1, -0.05) is 6.07 Å². The minimum absolute atomic E-state index is 0. The second-order valence-electron chi connectivity index (χ2n) is 5.66. The molecule has 21 heavy (non-hydrogen) atoms. The van der Waals surface area contributed by atoms with Gasteiger partial charge in [0, 0.05) is 37.6 Å². The van der Waals surface area contributed by atoms with Gasteiger partial charge in [0.25, 0.3) is 0 Å². The maximum atomic E-state index is 12.3. The number of hydrogen-bond acceptors (Lipinski definition) is 4. The van der Waals surface area contributed by atoms with Crippen LogP contribution < -0.4 is 5.73 Å². The van der Waals surface area contributed by atoms with E-state index in [9.17, 15) is 4.79 Å². The quantitative estimate of drug-likeness (QED) is 0.907. The van der Waals surface area contributed by atoms with E-state index in [0.717, 1.165) is 52.0 Å². The highest BCUT2D eigenvalue weighted by atomic mass is 35.5. The van der Waals surface area contributed by atoms with Crippen LogP contribution in [0.3, 0.4) is 0 Å². The first-order valence-electron chi connectivity index (χ1n) is 7.00. The summed E-state index contributed by atoms with van der Waals surface area (Å²) in [5, 5.41) is 2.11. The second-order valence-corrected chi connectivity index (χ2v) is 6.69. The zero-order valence-corrected chi connectivity index (χ0v) is 14.4. The van der Waals surface area contributed by atoms with Gasteiger partial charge in [-0.25, -0.2) is 0 Å². The van der Waals surface area contributed by atoms with Gasteiger partial charge in [-0.15, -0.1) is 36.2 Å². The molecule has 0 unspecified atom stereocenters. The Morgan fingerprint density at radius 1 is 1.24 bits per heavy atom. The largest absolute Gasteiger partial charge is 0.339 e. The fourth-order valence-corrected chi connectivity index (χ4v) is 3.56. The van der Waals surface area contributed by atoms with Crippen LogP contribution in [0, 0.1) is 0 Å². The van der Waals surface area contributed by atoms with E-state index in [-0.39, 0.29) is 30.7 Å². The van der Waals surface area contributed by atoms with Gasteiger partial charge in [0.15, 0.2) is 0 Å². The minimum Gasteiger partial charge on any atom is -0.339 e. The van der Waals surface area contributed by atoms with Crippen molar-refractivity contribution >= 4 is 42.1 Å². The van der Waals surface area contributed by atoms with Crippen LogP contribution in [0.1, 0.15) is 24.1 Å². The normalized spacial score (nSPS) is 20.9. The molecule has 1 aromatic heterocycles. The van der Waals surface area contributed by atoms with E-state index >= 15 is 0 Å². The van der Waals surface area contributed by atoms with Gasteiger partial charge in [-0.3, -0.25) is 9.69 Å². The zero-order valence-electron chi connectivity index (χ0n) is 12.0. The van der Waals surface area contributed by atoms with Crippen molar-refractivity contribution in [2.75, 3.05) is 26.2 Å². The predicted octanol–water partition coefficient (Wildman–Crippen LogP) is 2.12. The molecule has 120 valence electrons. The Hall–Kier alpha value is -0.330. The molecule has 1 saturated heterocycles. The molecule has 1 aliphatic carbocycles. The summed E-state index contributed by atoms with van der Waals surface area (Å²) in [6.07, 6.45) is 2.82. The first kappa shape index (κ1) is 18.7. The first-order chi connectivity index (χ1) is 9.17. The van der Waals surface area contributed by atoms with Crippen LogP contribution in [0.15, 0.2) is 17.5 Å². The number of carbonyl (C=O) groups is 1. The van der Waals surface area contributed by atoms with Crippen LogP contribution in [0.4, 0.5) is 0 Å². The van der Waals surface area contributed by atoms with Crippen LogP contribution in [0.25, 0.3) is 0 Å². The lowest BCUT2D eigenvalue weighted by molar-refractivity contribution is -0.142. The van der Waals surface area contributed by atoms with E-state index in [2.05, 4.69) is 22.4 Å². The van der Waals surface area contributed by atoms with Crippen molar-refractivity contribution in [3.8, 4) is 0 Å². The number of nitrogens with zero attached hydrogens (tertiary/aromatic N) is 2. The van der Waals surface area contributed by atoms with Gasteiger partial charge in [0.05, 0.1) is 5.54 Å². The first-order valence-corrected chi connectivity index (χ1v) is 7.88. The molecule has 2 fully saturated rings. The lowest BCUT2D eigenvalue weighted by atomic mass is 9.76. The molecule has 4 nitrogen and oxygen atoms in total. The van der Waals surface area contributed by atoms with Crippen molar-refractivity contribution < 1.29 is 4.79 Å².